The summed E-state index contributed by atoms with van der Waals surface area (Å²) in [5.74, 6) is -0.127. The minimum Gasteiger partial charge on any atom is -0.503 e. The molecule has 1 N–H and O–H groups in total. The Kier molecular flexibility index (Phi) is 7.26. The smallest absolute Gasteiger partial charge is 0.296 e. The molecule has 2 aromatic heterocycles. The van der Waals surface area contributed by atoms with Crippen molar-refractivity contribution < 1.29 is 24.2 Å². The quantitative estimate of drug-likeness (QED) is 0.161. The average molecular weight is 552 g/mol. The molecule has 2 aromatic carbocycles. The van der Waals surface area contributed by atoms with Crippen LogP contribution in [0.1, 0.15) is 26.8 Å². The van der Waals surface area contributed by atoms with Crippen LogP contribution in [0.2, 0.25) is 0 Å². The lowest BCUT2D eigenvalue weighted by molar-refractivity contribution is -0.117. The maximum atomic E-state index is 13.5. The van der Waals surface area contributed by atoms with Gasteiger partial charge in [-0.05, 0) is 34.7 Å². The van der Waals surface area contributed by atoms with Crippen LogP contribution in [0.4, 0.5) is 5.13 Å². The van der Waals surface area contributed by atoms with Crippen LogP contribution in [0.3, 0.4) is 0 Å². The highest BCUT2D eigenvalue weighted by molar-refractivity contribution is 8.00. The number of aliphatic hydroxyl groups excluding tert-OH is 1. The third-order valence-corrected chi connectivity index (χ3v) is 8.72. The average Bonchev–Trinajstić information content (AvgIpc) is 3.68. The molecule has 0 bridgehead atoms. The number of thiophene rings is 1. The molecule has 1 aliphatic rings. The number of carbonyl (C=O) groups excluding carboxylic acids is 2. The van der Waals surface area contributed by atoms with E-state index in [2.05, 4.69) is 10.2 Å². The Balaban J connectivity index is 1.54. The number of ketones is 1. The van der Waals surface area contributed by atoms with Crippen molar-refractivity contribution in [2.45, 2.75) is 16.1 Å². The summed E-state index contributed by atoms with van der Waals surface area (Å²) in [5.41, 5.74) is 1.67. The molecule has 0 aliphatic carbocycles. The van der Waals surface area contributed by atoms with Gasteiger partial charge >= 0.3 is 0 Å². The minimum absolute atomic E-state index is 0.0200. The van der Waals surface area contributed by atoms with E-state index < -0.39 is 23.5 Å². The Morgan fingerprint density at radius 2 is 1.84 bits per heavy atom. The van der Waals surface area contributed by atoms with Crippen LogP contribution in [-0.4, -0.2) is 41.2 Å². The fourth-order valence-electron chi connectivity index (χ4n) is 3.99. The van der Waals surface area contributed by atoms with E-state index in [1.54, 1.807) is 35.7 Å². The maximum absolute atomic E-state index is 13.5. The molecule has 0 spiro atoms. The fraction of sp³-hybridized carbons (Fsp3) is 0.154. The summed E-state index contributed by atoms with van der Waals surface area (Å²) >= 11 is 3.96. The van der Waals surface area contributed by atoms with Crippen molar-refractivity contribution in [3.05, 3.63) is 93.4 Å². The standard InChI is InChI=1S/C26H21N3O5S3/c1-33-17-11-10-16(13-18(17)34-2)21-20(22(30)19-9-6-12-35-19)23(31)24(32)29(21)25-27-28-26(37-25)36-14-15-7-4-3-5-8-15/h3-13,21,31H,14H2,1-2H3/t21-/m0/s1. The van der Waals surface area contributed by atoms with Crippen LogP contribution in [0, 0.1) is 0 Å². The molecule has 1 atom stereocenters. The van der Waals surface area contributed by atoms with E-state index in [1.165, 1.54) is 53.6 Å². The first-order valence-electron chi connectivity index (χ1n) is 11.1. The number of ether oxygens (including phenoxy) is 2. The number of benzene rings is 2. The van der Waals surface area contributed by atoms with Crippen molar-refractivity contribution in [1.29, 1.82) is 0 Å². The number of anilines is 1. The maximum Gasteiger partial charge on any atom is 0.296 e. The van der Waals surface area contributed by atoms with Crippen LogP contribution < -0.4 is 14.4 Å². The van der Waals surface area contributed by atoms with E-state index in [4.69, 9.17) is 9.47 Å². The Labute approximate surface area is 225 Å². The number of rotatable bonds is 9. The third kappa shape index (κ3) is 4.85. The zero-order valence-electron chi connectivity index (χ0n) is 19.8. The van der Waals surface area contributed by atoms with Gasteiger partial charge < -0.3 is 14.6 Å². The molecule has 5 rings (SSSR count). The summed E-state index contributed by atoms with van der Waals surface area (Å²) in [6, 6.07) is 17.5. The van der Waals surface area contributed by atoms with Gasteiger partial charge in [0.2, 0.25) is 10.9 Å². The molecule has 0 radical (unpaired) electrons. The Morgan fingerprint density at radius 3 is 2.54 bits per heavy atom. The monoisotopic (exact) mass is 551 g/mol. The summed E-state index contributed by atoms with van der Waals surface area (Å²) in [6.07, 6.45) is 0. The molecular weight excluding hydrogens is 531 g/mol. The lowest BCUT2D eigenvalue weighted by atomic mass is 9.95. The van der Waals surface area contributed by atoms with Crippen molar-refractivity contribution in [2.75, 3.05) is 19.1 Å². The van der Waals surface area contributed by atoms with Gasteiger partial charge in [-0.1, -0.05) is 65.6 Å². The van der Waals surface area contributed by atoms with E-state index in [-0.39, 0.29) is 10.7 Å². The Morgan fingerprint density at radius 1 is 1.05 bits per heavy atom. The van der Waals surface area contributed by atoms with Crippen molar-refractivity contribution >= 4 is 51.3 Å². The van der Waals surface area contributed by atoms with Crippen molar-refractivity contribution in [2.24, 2.45) is 0 Å². The SMILES string of the molecule is COc1ccc([C@H]2C(C(=O)c3cccs3)=C(O)C(=O)N2c2nnc(SCc3ccccc3)s2)cc1OC. The van der Waals surface area contributed by atoms with E-state index >= 15 is 0 Å². The van der Waals surface area contributed by atoms with Crippen molar-refractivity contribution in [1.82, 2.24) is 10.2 Å². The highest BCUT2D eigenvalue weighted by Crippen LogP contribution is 2.45. The van der Waals surface area contributed by atoms with Gasteiger partial charge in [-0.15, -0.1) is 21.5 Å². The predicted molar refractivity (Wildman–Crippen MR) is 144 cm³/mol. The number of hydrogen-bond acceptors (Lipinski definition) is 10. The second-order valence-electron chi connectivity index (χ2n) is 7.89. The molecular formula is C26H21N3O5S3. The number of nitrogens with zero attached hydrogens (tertiary/aromatic N) is 3. The third-order valence-electron chi connectivity index (χ3n) is 5.73. The minimum atomic E-state index is -0.929. The van der Waals surface area contributed by atoms with E-state index in [1.807, 2.05) is 30.3 Å². The fourth-order valence-corrected chi connectivity index (χ4v) is 6.49. The Hall–Kier alpha value is -3.67. The van der Waals surface area contributed by atoms with Gasteiger partial charge in [0.1, 0.15) is 0 Å². The van der Waals surface area contributed by atoms with Gasteiger partial charge in [-0.25, -0.2) is 0 Å². The first kappa shape index (κ1) is 25.0. The lowest BCUT2D eigenvalue weighted by Crippen LogP contribution is -2.31. The molecule has 3 heterocycles. The molecule has 8 nitrogen and oxygen atoms in total. The first-order chi connectivity index (χ1) is 18.0. The predicted octanol–water partition coefficient (Wildman–Crippen LogP) is 5.69. The van der Waals surface area contributed by atoms with Crippen molar-refractivity contribution in [3.63, 3.8) is 0 Å². The molecule has 1 aliphatic heterocycles. The first-order valence-corrected chi connectivity index (χ1v) is 13.8. The molecule has 11 heteroatoms. The number of amides is 1. The van der Waals surface area contributed by atoms with Gasteiger partial charge in [-0.2, -0.15) is 0 Å². The highest BCUT2D eigenvalue weighted by Gasteiger charge is 2.46. The summed E-state index contributed by atoms with van der Waals surface area (Å²) in [4.78, 5) is 28.6. The molecule has 0 saturated heterocycles. The molecule has 37 heavy (non-hydrogen) atoms. The molecule has 1 amide bonds. The van der Waals surface area contributed by atoms with E-state index in [0.717, 1.165) is 5.56 Å². The second-order valence-corrected chi connectivity index (χ2v) is 11.0. The van der Waals surface area contributed by atoms with E-state index in [9.17, 15) is 14.7 Å². The zero-order valence-corrected chi connectivity index (χ0v) is 22.2. The molecule has 4 aromatic rings. The summed E-state index contributed by atoms with van der Waals surface area (Å²) in [6.45, 7) is 0. The van der Waals surface area contributed by atoms with Gasteiger partial charge in [0.15, 0.2) is 21.6 Å². The number of carbonyl (C=O) groups is 2. The number of thioether (sulfide) groups is 1. The number of Topliss-reactive ketones (excluding diaryl/α,β-unsaturated/α-hetero) is 1. The molecule has 0 unspecified atom stereocenters. The van der Waals surface area contributed by atoms with Crippen LogP contribution in [0.25, 0.3) is 0 Å². The van der Waals surface area contributed by atoms with E-state index in [0.29, 0.717) is 32.0 Å². The zero-order chi connectivity index (χ0) is 25.9. The normalized spacial score (nSPS) is 15.4. The molecule has 188 valence electrons. The van der Waals surface area contributed by atoms with Crippen molar-refractivity contribution in [3.8, 4) is 11.5 Å². The van der Waals surface area contributed by atoms with Gasteiger partial charge in [-0.3, -0.25) is 14.5 Å². The van der Waals surface area contributed by atoms with Gasteiger partial charge in [0.25, 0.3) is 5.91 Å². The highest BCUT2D eigenvalue weighted by atomic mass is 32.2. The number of aromatic nitrogens is 2. The second kappa shape index (κ2) is 10.8. The van der Waals surface area contributed by atoms with Gasteiger partial charge in [0, 0.05) is 5.75 Å². The lowest BCUT2D eigenvalue weighted by Gasteiger charge is -2.24. The van der Waals surface area contributed by atoms with Crippen LogP contribution in [0.5, 0.6) is 11.5 Å². The molecule has 0 saturated carbocycles. The number of methoxy groups -OCH3 is 2. The summed E-state index contributed by atoms with van der Waals surface area (Å²) < 4.78 is 11.5. The summed E-state index contributed by atoms with van der Waals surface area (Å²) in [7, 11) is 3.03. The van der Waals surface area contributed by atoms with Gasteiger partial charge in [0.05, 0.1) is 30.7 Å². The summed E-state index contributed by atoms with van der Waals surface area (Å²) in [5, 5.41) is 21.5. The molecule has 0 fully saturated rings. The van der Waals surface area contributed by atoms with Crippen LogP contribution in [-0.2, 0) is 10.5 Å². The van der Waals surface area contributed by atoms with Crippen LogP contribution >= 0.6 is 34.4 Å². The largest absolute Gasteiger partial charge is 0.503 e. The Bertz CT molecular complexity index is 1470. The van der Waals surface area contributed by atoms with Crippen LogP contribution in [0.15, 0.2) is 81.7 Å². The topological polar surface area (TPSA) is 102 Å². The number of hydrogen-bond donors (Lipinski definition) is 1. The number of aliphatic hydroxyl groups is 1.